The molecule has 0 aliphatic heterocycles. The Bertz CT molecular complexity index is 470. The first-order valence-electron chi connectivity index (χ1n) is 4.17. The van der Waals surface area contributed by atoms with E-state index in [1.807, 2.05) is 0 Å². The molecule has 0 saturated carbocycles. The van der Waals surface area contributed by atoms with Gasteiger partial charge in [-0.15, -0.1) is 0 Å². The Balaban J connectivity index is 3.02. The summed E-state index contributed by atoms with van der Waals surface area (Å²) in [5.41, 5.74) is 1.20. The zero-order valence-corrected chi connectivity index (χ0v) is 8.98. The number of aromatic nitrogens is 2. The Labute approximate surface area is 89.1 Å². The summed E-state index contributed by atoms with van der Waals surface area (Å²) in [5, 5.41) is 0. The van der Waals surface area contributed by atoms with Crippen LogP contribution in [-0.4, -0.2) is 9.97 Å². The van der Waals surface area contributed by atoms with Gasteiger partial charge in [-0.3, -0.25) is 9.97 Å². The summed E-state index contributed by atoms with van der Waals surface area (Å²) in [6.45, 7) is 0. The highest BCUT2D eigenvalue weighted by Gasteiger charge is 2.02. The van der Waals surface area contributed by atoms with Gasteiger partial charge in [0.2, 0.25) is 0 Å². The maximum absolute atomic E-state index is 7.63. The fourth-order valence-corrected chi connectivity index (χ4v) is 1.67. The van der Waals surface area contributed by atoms with Gasteiger partial charge in [0.25, 0.3) is 0 Å². The predicted octanol–water partition coefficient (Wildman–Crippen LogP) is 3.15. The summed E-state index contributed by atoms with van der Waals surface area (Å²) >= 11 is 6.47. The SMILES string of the molecule is [2H]c1c([2H])c(Br)c2nccnc2c1Br. The van der Waals surface area contributed by atoms with Crippen LogP contribution in [0.2, 0.25) is 0 Å². The molecule has 0 aliphatic carbocycles. The van der Waals surface area contributed by atoms with Crippen LogP contribution >= 0.6 is 31.9 Å². The highest BCUT2D eigenvalue weighted by Crippen LogP contribution is 2.26. The Kier molecular flexibility index (Phi) is 1.57. The van der Waals surface area contributed by atoms with Crippen molar-refractivity contribution in [3.05, 3.63) is 33.4 Å². The van der Waals surface area contributed by atoms with E-state index in [0.29, 0.717) is 20.0 Å². The van der Waals surface area contributed by atoms with E-state index in [1.54, 1.807) is 12.4 Å². The molecule has 0 atom stereocenters. The molecule has 0 bridgehead atoms. The molecule has 0 N–H and O–H groups in total. The lowest BCUT2D eigenvalue weighted by Crippen LogP contribution is -1.83. The second-order valence-electron chi connectivity index (χ2n) is 2.13. The first kappa shape index (κ1) is 6.05. The second kappa shape index (κ2) is 3.11. The van der Waals surface area contributed by atoms with Crippen molar-refractivity contribution in [2.75, 3.05) is 0 Å². The third kappa shape index (κ3) is 1.25. The molecule has 1 aromatic carbocycles. The van der Waals surface area contributed by atoms with Crippen molar-refractivity contribution in [1.82, 2.24) is 9.97 Å². The summed E-state index contributed by atoms with van der Waals surface area (Å²) in [7, 11) is 0. The lowest BCUT2D eigenvalue weighted by molar-refractivity contribution is 1.28. The van der Waals surface area contributed by atoms with E-state index in [1.165, 1.54) is 0 Å². The largest absolute Gasteiger partial charge is 0.252 e. The molecule has 0 radical (unpaired) electrons. The third-order valence-electron chi connectivity index (χ3n) is 1.40. The maximum Gasteiger partial charge on any atom is 0.104 e. The first-order valence-corrected chi connectivity index (χ1v) is 4.76. The molecule has 0 spiro atoms. The average molecular weight is 290 g/mol. The summed E-state index contributed by atoms with van der Waals surface area (Å²) in [6.07, 6.45) is 3.12. The minimum atomic E-state index is 0.116. The van der Waals surface area contributed by atoms with Crippen molar-refractivity contribution in [2.45, 2.75) is 0 Å². The molecule has 2 rings (SSSR count). The van der Waals surface area contributed by atoms with Gasteiger partial charge in [0.1, 0.15) is 11.0 Å². The van der Waals surface area contributed by atoms with E-state index in [2.05, 4.69) is 41.8 Å². The Morgan fingerprint density at radius 1 is 1.00 bits per heavy atom. The highest BCUT2D eigenvalue weighted by atomic mass is 79.9. The Morgan fingerprint density at radius 3 is 1.83 bits per heavy atom. The standard InChI is InChI=1S/C8H4Br2N2/c9-5-1-2-6(10)8-7(5)11-3-4-12-8/h1-4H/i1D,2D. The average Bonchev–Trinajstić information content (AvgIpc) is 2.23. The number of nitrogens with zero attached hydrogens (tertiary/aromatic N) is 2. The van der Waals surface area contributed by atoms with E-state index in [0.717, 1.165) is 0 Å². The fraction of sp³-hybridized carbons (Fsp3) is 0. The van der Waals surface area contributed by atoms with Crippen LogP contribution in [0, 0.1) is 0 Å². The van der Waals surface area contributed by atoms with Gasteiger partial charge in [0, 0.05) is 21.3 Å². The first-order chi connectivity index (χ1) is 6.63. The zero-order valence-electron chi connectivity index (χ0n) is 7.81. The molecule has 60 valence electrons. The number of rotatable bonds is 0. The van der Waals surface area contributed by atoms with Crippen LogP contribution in [0.15, 0.2) is 33.4 Å². The van der Waals surface area contributed by atoms with Gasteiger partial charge in [0.15, 0.2) is 0 Å². The van der Waals surface area contributed by atoms with Crippen LogP contribution < -0.4 is 0 Å². The molecule has 2 aromatic rings. The maximum atomic E-state index is 7.63. The molecular weight excluding hydrogens is 284 g/mol. The lowest BCUT2D eigenvalue weighted by Gasteiger charge is -1.99. The highest BCUT2D eigenvalue weighted by molar-refractivity contribution is 9.11. The molecule has 2 nitrogen and oxygen atoms in total. The molecule has 4 heteroatoms. The molecule has 12 heavy (non-hydrogen) atoms. The van der Waals surface area contributed by atoms with Gasteiger partial charge in [0.05, 0.1) is 2.74 Å². The molecule has 1 aromatic heterocycles. The molecule has 0 amide bonds. The second-order valence-corrected chi connectivity index (χ2v) is 3.72. The van der Waals surface area contributed by atoms with Crippen LogP contribution in [0.1, 0.15) is 2.74 Å². The smallest absolute Gasteiger partial charge is 0.104 e. The molecule has 0 saturated heterocycles. The van der Waals surface area contributed by atoms with Crippen LogP contribution in [0.4, 0.5) is 0 Å². The van der Waals surface area contributed by atoms with Crippen molar-refractivity contribution in [1.29, 1.82) is 0 Å². The topological polar surface area (TPSA) is 25.8 Å². The number of fused-ring (bicyclic) bond motifs is 1. The molecule has 0 unspecified atom stereocenters. The number of benzene rings is 1. The van der Waals surface area contributed by atoms with Gasteiger partial charge in [-0.05, 0) is 43.9 Å². The Hall–Kier alpha value is -0.480. The van der Waals surface area contributed by atoms with E-state index >= 15 is 0 Å². The van der Waals surface area contributed by atoms with Crippen molar-refractivity contribution >= 4 is 42.9 Å². The summed E-state index contributed by atoms with van der Waals surface area (Å²) in [4.78, 5) is 8.20. The van der Waals surface area contributed by atoms with Gasteiger partial charge >= 0.3 is 0 Å². The van der Waals surface area contributed by atoms with Gasteiger partial charge in [-0.1, -0.05) is 0 Å². The lowest BCUT2D eigenvalue weighted by atomic mass is 10.3. The van der Waals surface area contributed by atoms with Crippen LogP contribution in [0.5, 0.6) is 0 Å². The minimum Gasteiger partial charge on any atom is -0.252 e. The number of halogens is 2. The number of hydrogen-bond acceptors (Lipinski definition) is 2. The molecular formula is C8H4Br2N2. The van der Waals surface area contributed by atoms with Crippen molar-refractivity contribution in [2.24, 2.45) is 0 Å². The molecule has 1 heterocycles. The van der Waals surface area contributed by atoms with E-state index in [9.17, 15) is 0 Å². The molecule has 0 aliphatic rings. The normalized spacial score (nSPS) is 12.8. The quantitative estimate of drug-likeness (QED) is 0.745. The van der Waals surface area contributed by atoms with Crippen LogP contribution in [-0.2, 0) is 0 Å². The fourth-order valence-electron chi connectivity index (χ4n) is 0.887. The number of hydrogen-bond donors (Lipinski definition) is 0. The van der Waals surface area contributed by atoms with E-state index in [4.69, 9.17) is 2.74 Å². The zero-order chi connectivity index (χ0) is 10.3. The molecule has 0 fully saturated rings. The van der Waals surface area contributed by atoms with Crippen molar-refractivity contribution in [3.63, 3.8) is 0 Å². The van der Waals surface area contributed by atoms with Gasteiger partial charge in [-0.2, -0.15) is 0 Å². The van der Waals surface area contributed by atoms with Crippen molar-refractivity contribution < 1.29 is 2.74 Å². The van der Waals surface area contributed by atoms with Crippen LogP contribution in [0.25, 0.3) is 11.0 Å². The van der Waals surface area contributed by atoms with Crippen LogP contribution in [0.3, 0.4) is 0 Å². The Morgan fingerprint density at radius 2 is 1.42 bits per heavy atom. The summed E-state index contributed by atoms with van der Waals surface area (Å²) < 4.78 is 16.3. The summed E-state index contributed by atoms with van der Waals surface area (Å²) in [5.74, 6) is 0. The van der Waals surface area contributed by atoms with Crippen molar-refractivity contribution in [3.8, 4) is 0 Å². The van der Waals surface area contributed by atoms with Gasteiger partial charge in [-0.25, -0.2) is 0 Å². The third-order valence-corrected chi connectivity index (χ3v) is 2.54. The monoisotopic (exact) mass is 288 g/mol. The van der Waals surface area contributed by atoms with E-state index in [-0.39, 0.29) is 12.1 Å². The predicted molar refractivity (Wildman–Crippen MR) is 54.9 cm³/mol. The minimum absolute atomic E-state index is 0.116. The van der Waals surface area contributed by atoms with E-state index < -0.39 is 0 Å². The van der Waals surface area contributed by atoms with Gasteiger partial charge < -0.3 is 0 Å². The summed E-state index contributed by atoms with van der Waals surface area (Å²) in [6, 6.07) is 0.231.